The number of esters is 1. The van der Waals surface area contributed by atoms with Crippen LogP contribution in [0.3, 0.4) is 0 Å². The zero-order valence-electron chi connectivity index (χ0n) is 15.6. The standard InChI is InChI=1S/C21H20FNO4S/c1-13-19-16(22)4-3-5-17(19)28-20(13)21(25)27-12-18(24)23-11-10-14-6-8-15(26-2)9-7-14/h3-9H,10-12H2,1-2H3,(H,23,24). The van der Waals surface area contributed by atoms with Crippen molar-refractivity contribution in [3.8, 4) is 5.75 Å². The van der Waals surface area contributed by atoms with E-state index in [-0.39, 0.29) is 18.3 Å². The van der Waals surface area contributed by atoms with Gasteiger partial charge in [0.05, 0.1) is 7.11 Å². The van der Waals surface area contributed by atoms with Gasteiger partial charge in [0.25, 0.3) is 5.91 Å². The first-order chi connectivity index (χ1) is 13.5. The minimum atomic E-state index is -0.622. The summed E-state index contributed by atoms with van der Waals surface area (Å²) in [6.07, 6.45) is 0.651. The van der Waals surface area contributed by atoms with Gasteiger partial charge < -0.3 is 14.8 Å². The van der Waals surface area contributed by atoms with Gasteiger partial charge in [-0.2, -0.15) is 0 Å². The van der Waals surface area contributed by atoms with Crippen LogP contribution in [0.5, 0.6) is 5.75 Å². The lowest BCUT2D eigenvalue weighted by Crippen LogP contribution is -2.30. The van der Waals surface area contributed by atoms with E-state index in [1.54, 1.807) is 26.2 Å². The third-order valence-electron chi connectivity index (χ3n) is 4.32. The molecule has 0 radical (unpaired) electrons. The van der Waals surface area contributed by atoms with Gasteiger partial charge in [-0.05, 0) is 48.7 Å². The number of rotatable bonds is 7. The van der Waals surface area contributed by atoms with Gasteiger partial charge >= 0.3 is 5.97 Å². The molecule has 1 heterocycles. The number of halogens is 1. The average molecular weight is 401 g/mol. The quantitative estimate of drug-likeness (QED) is 0.611. The topological polar surface area (TPSA) is 64.6 Å². The van der Waals surface area contributed by atoms with Crippen molar-refractivity contribution < 1.29 is 23.5 Å². The Morgan fingerprint density at radius 3 is 2.57 bits per heavy atom. The average Bonchev–Trinajstić information content (AvgIpc) is 3.04. The third kappa shape index (κ3) is 4.48. The molecule has 0 unspecified atom stereocenters. The summed E-state index contributed by atoms with van der Waals surface area (Å²) in [7, 11) is 1.60. The molecule has 0 atom stereocenters. The van der Waals surface area contributed by atoms with E-state index in [1.165, 1.54) is 6.07 Å². The Balaban J connectivity index is 1.49. The van der Waals surface area contributed by atoms with E-state index in [9.17, 15) is 14.0 Å². The van der Waals surface area contributed by atoms with Crippen LogP contribution >= 0.6 is 11.3 Å². The second-order valence-corrected chi connectivity index (χ2v) is 7.25. The molecule has 0 spiro atoms. The highest BCUT2D eigenvalue weighted by molar-refractivity contribution is 7.21. The van der Waals surface area contributed by atoms with Crippen molar-refractivity contribution in [3.63, 3.8) is 0 Å². The second-order valence-electron chi connectivity index (χ2n) is 6.19. The Morgan fingerprint density at radius 1 is 1.14 bits per heavy atom. The van der Waals surface area contributed by atoms with Gasteiger partial charge in [0, 0.05) is 16.6 Å². The van der Waals surface area contributed by atoms with Crippen LogP contribution in [-0.2, 0) is 16.0 Å². The number of carbonyl (C=O) groups excluding carboxylic acids is 2. The Labute approximate surface area is 166 Å². The Hall–Kier alpha value is -2.93. The molecule has 0 aliphatic rings. The number of fused-ring (bicyclic) bond motifs is 1. The minimum Gasteiger partial charge on any atom is -0.497 e. The summed E-state index contributed by atoms with van der Waals surface area (Å²) < 4.78 is 24.8. The molecule has 7 heteroatoms. The molecule has 0 aliphatic carbocycles. The summed E-state index contributed by atoms with van der Waals surface area (Å²) in [5, 5.41) is 3.13. The molecule has 2 aromatic carbocycles. The van der Waals surface area contributed by atoms with Gasteiger partial charge in [0.1, 0.15) is 16.4 Å². The van der Waals surface area contributed by atoms with Gasteiger partial charge in [0.2, 0.25) is 0 Å². The van der Waals surface area contributed by atoms with E-state index in [1.807, 2.05) is 24.3 Å². The summed E-state index contributed by atoms with van der Waals surface area (Å²) >= 11 is 1.16. The number of thiophene rings is 1. The van der Waals surface area contributed by atoms with Crippen LogP contribution in [0, 0.1) is 12.7 Å². The van der Waals surface area contributed by atoms with Gasteiger partial charge in [-0.15, -0.1) is 11.3 Å². The van der Waals surface area contributed by atoms with Crippen molar-refractivity contribution in [1.82, 2.24) is 5.32 Å². The summed E-state index contributed by atoms with van der Waals surface area (Å²) in [5.41, 5.74) is 1.59. The van der Waals surface area contributed by atoms with Gasteiger partial charge in [-0.1, -0.05) is 18.2 Å². The van der Waals surface area contributed by atoms with Crippen molar-refractivity contribution >= 4 is 33.3 Å². The molecule has 0 fully saturated rings. The van der Waals surface area contributed by atoms with Crippen molar-refractivity contribution in [1.29, 1.82) is 0 Å². The molecule has 0 aliphatic heterocycles. The first-order valence-corrected chi connectivity index (χ1v) is 9.55. The molecule has 146 valence electrons. The lowest BCUT2D eigenvalue weighted by molar-refractivity contribution is -0.124. The Kier molecular flexibility index (Phi) is 6.26. The number of nitrogens with one attached hydrogen (secondary N) is 1. The number of carbonyl (C=O) groups is 2. The first kappa shape index (κ1) is 19.8. The van der Waals surface area contributed by atoms with Crippen LogP contribution in [0.4, 0.5) is 4.39 Å². The fourth-order valence-corrected chi connectivity index (χ4v) is 3.95. The molecule has 28 heavy (non-hydrogen) atoms. The van der Waals surface area contributed by atoms with Crippen LogP contribution in [0.15, 0.2) is 42.5 Å². The second kappa shape index (κ2) is 8.84. The van der Waals surface area contributed by atoms with Crippen molar-refractivity contribution in [2.45, 2.75) is 13.3 Å². The van der Waals surface area contributed by atoms with E-state index in [0.29, 0.717) is 33.5 Å². The number of hydrogen-bond acceptors (Lipinski definition) is 5. The van der Waals surface area contributed by atoms with Crippen LogP contribution in [0.2, 0.25) is 0 Å². The molecular weight excluding hydrogens is 381 g/mol. The fraction of sp³-hybridized carbons (Fsp3) is 0.238. The summed E-state index contributed by atoms with van der Waals surface area (Å²) in [6, 6.07) is 12.3. The normalized spacial score (nSPS) is 10.7. The fourth-order valence-electron chi connectivity index (χ4n) is 2.83. The largest absolute Gasteiger partial charge is 0.497 e. The SMILES string of the molecule is COc1ccc(CCNC(=O)COC(=O)c2sc3cccc(F)c3c2C)cc1. The maximum atomic E-state index is 13.9. The van der Waals surface area contributed by atoms with Gasteiger partial charge in [-0.3, -0.25) is 4.79 Å². The molecule has 1 N–H and O–H groups in total. The molecule has 0 saturated carbocycles. The highest BCUT2D eigenvalue weighted by Crippen LogP contribution is 2.32. The Morgan fingerprint density at radius 2 is 1.89 bits per heavy atom. The van der Waals surface area contributed by atoms with Crippen LogP contribution in [0.25, 0.3) is 10.1 Å². The molecule has 1 aromatic heterocycles. The number of benzene rings is 2. The number of hydrogen-bond donors (Lipinski definition) is 1. The van der Waals surface area contributed by atoms with Gasteiger partial charge in [-0.25, -0.2) is 9.18 Å². The van der Waals surface area contributed by atoms with E-state index < -0.39 is 5.97 Å². The smallest absolute Gasteiger partial charge is 0.349 e. The van der Waals surface area contributed by atoms with Crippen molar-refractivity contribution in [2.75, 3.05) is 20.3 Å². The summed E-state index contributed by atoms with van der Waals surface area (Å²) in [5.74, 6) is -0.604. The van der Waals surface area contributed by atoms with E-state index in [4.69, 9.17) is 9.47 Å². The number of amides is 1. The lowest BCUT2D eigenvalue weighted by Gasteiger charge is -2.07. The number of ether oxygens (including phenoxy) is 2. The number of methoxy groups -OCH3 is 1. The minimum absolute atomic E-state index is 0.311. The third-order valence-corrected chi connectivity index (χ3v) is 5.55. The summed E-state index contributed by atoms with van der Waals surface area (Å²) in [6.45, 7) is 1.72. The van der Waals surface area contributed by atoms with Crippen LogP contribution < -0.4 is 10.1 Å². The molecule has 5 nitrogen and oxygen atoms in total. The van der Waals surface area contributed by atoms with E-state index in [0.717, 1.165) is 22.6 Å². The highest BCUT2D eigenvalue weighted by Gasteiger charge is 2.19. The zero-order chi connectivity index (χ0) is 20.1. The molecule has 1 amide bonds. The molecule has 0 bridgehead atoms. The molecule has 3 rings (SSSR count). The van der Waals surface area contributed by atoms with Crippen LogP contribution in [-0.4, -0.2) is 32.1 Å². The maximum Gasteiger partial charge on any atom is 0.349 e. The zero-order valence-corrected chi connectivity index (χ0v) is 16.4. The van der Waals surface area contributed by atoms with E-state index in [2.05, 4.69) is 5.32 Å². The summed E-state index contributed by atoms with van der Waals surface area (Å²) in [4.78, 5) is 24.5. The molecule has 3 aromatic rings. The first-order valence-electron chi connectivity index (χ1n) is 8.74. The Bertz CT molecular complexity index is 998. The van der Waals surface area contributed by atoms with Crippen molar-refractivity contribution in [2.24, 2.45) is 0 Å². The maximum absolute atomic E-state index is 13.9. The number of aryl methyl sites for hydroxylation is 1. The van der Waals surface area contributed by atoms with Crippen LogP contribution in [0.1, 0.15) is 20.8 Å². The highest BCUT2D eigenvalue weighted by atomic mass is 32.1. The predicted octanol–water partition coefficient (Wildman–Crippen LogP) is 3.87. The molecular formula is C21H20FNO4S. The predicted molar refractivity (Wildman–Crippen MR) is 107 cm³/mol. The lowest BCUT2D eigenvalue weighted by atomic mass is 10.1. The van der Waals surface area contributed by atoms with E-state index >= 15 is 0 Å². The van der Waals surface area contributed by atoms with Gasteiger partial charge in [0.15, 0.2) is 6.61 Å². The van der Waals surface area contributed by atoms with Crippen molar-refractivity contribution in [3.05, 3.63) is 64.3 Å². The molecule has 0 saturated heterocycles. The monoisotopic (exact) mass is 401 g/mol.